The van der Waals surface area contributed by atoms with E-state index >= 15 is 0 Å². The Bertz CT molecular complexity index is 859. The normalized spacial score (nSPS) is 10.5. The first-order valence-electron chi connectivity index (χ1n) is 7.07. The molecule has 116 valence electrons. The zero-order valence-corrected chi connectivity index (χ0v) is 13.2. The molecular formula is C18H14ClNO3. The molecule has 2 aromatic carbocycles. The molecule has 5 heteroatoms. The summed E-state index contributed by atoms with van der Waals surface area (Å²) < 4.78 is 10.8. The van der Waals surface area contributed by atoms with Crippen LogP contribution in [0.3, 0.4) is 0 Å². The molecule has 0 aliphatic heterocycles. The predicted octanol–water partition coefficient (Wildman–Crippen LogP) is 4.18. The van der Waals surface area contributed by atoms with Crippen LogP contribution in [0.5, 0.6) is 11.5 Å². The van der Waals surface area contributed by atoms with E-state index in [-0.39, 0.29) is 6.61 Å². The molecule has 0 N–H and O–H groups in total. The molecule has 3 aromatic rings. The average Bonchev–Trinajstić information content (AvgIpc) is 2.54. The lowest BCUT2D eigenvalue weighted by atomic mass is 10.2. The summed E-state index contributed by atoms with van der Waals surface area (Å²) in [5.41, 5.74) is 1.66. The quantitative estimate of drug-likeness (QED) is 0.533. The minimum Gasteiger partial charge on any atom is -0.480 e. The lowest BCUT2D eigenvalue weighted by Gasteiger charge is -2.09. The van der Waals surface area contributed by atoms with E-state index in [4.69, 9.17) is 21.1 Å². The molecule has 0 saturated heterocycles. The summed E-state index contributed by atoms with van der Waals surface area (Å²) in [5, 5.41) is 1.37. The van der Waals surface area contributed by atoms with Crippen LogP contribution in [0.1, 0.15) is 5.56 Å². The minimum atomic E-state index is -0.514. The molecule has 0 atom stereocenters. The molecule has 1 aromatic heterocycles. The van der Waals surface area contributed by atoms with E-state index in [0.29, 0.717) is 22.0 Å². The molecular weight excluding hydrogens is 314 g/mol. The van der Waals surface area contributed by atoms with Gasteiger partial charge in [-0.05, 0) is 36.8 Å². The Morgan fingerprint density at radius 3 is 2.78 bits per heavy atom. The number of pyridine rings is 1. The lowest BCUT2D eigenvalue weighted by molar-refractivity contribution is -0.136. The van der Waals surface area contributed by atoms with Gasteiger partial charge in [-0.1, -0.05) is 35.9 Å². The molecule has 0 amide bonds. The Hall–Kier alpha value is -2.59. The van der Waals surface area contributed by atoms with Crippen LogP contribution < -0.4 is 9.47 Å². The topological polar surface area (TPSA) is 48.4 Å². The highest BCUT2D eigenvalue weighted by atomic mass is 35.5. The molecule has 0 aliphatic carbocycles. The van der Waals surface area contributed by atoms with Crippen molar-refractivity contribution < 1.29 is 14.3 Å². The largest absolute Gasteiger partial charge is 0.480 e. The number of aromatic nitrogens is 1. The van der Waals surface area contributed by atoms with Crippen molar-refractivity contribution in [3.8, 4) is 11.5 Å². The van der Waals surface area contributed by atoms with Crippen LogP contribution in [0.25, 0.3) is 10.9 Å². The first-order valence-corrected chi connectivity index (χ1v) is 7.44. The number of rotatable bonds is 4. The van der Waals surface area contributed by atoms with Gasteiger partial charge in [0.2, 0.25) is 0 Å². The Morgan fingerprint density at radius 1 is 1.13 bits per heavy atom. The Morgan fingerprint density at radius 2 is 1.96 bits per heavy atom. The second kappa shape index (κ2) is 6.67. The fraction of sp³-hybridized carbons (Fsp3) is 0.111. The number of esters is 1. The van der Waals surface area contributed by atoms with Crippen LogP contribution in [-0.4, -0.2) is 17.6 Å². The zero-order valence-electron chi connectivity index (χ0n) is 12.5. The minimum absolute atomic E-state index is 0.230. The van der Waals surface area contributed by atoms with Crippen LogP contribution in [-0.2, 0) is 4.79 Å². The molecule has 0 unspecified atom stereocenters. The van der Waals surface area contributed by atoms with Crippen LogP contribution in [0, 0.1) is 6.92 Å². The summed E-state index contributed by atoms with van der Waals surface area (Å²) in [7, 11) is 0. The summed E-state index contributed by atoms with van der Waals surface area (Å²) in [4.78, 5) is 16.2. The van der Waals surface area contributed by atoms with Crippen LogP contribution in [0.2, 0.25) is 5.02 Å². The number of carbonyl (C=O) groups is 1. The highest BCUT2D eigenvalue weighted by molar-refractivity contribution is 6.32. The third kappa shape index (κ3) is 3.60. The van der Waals surface area contributed by atoms with Crippen molar-refractivity contribution in [2.75, 3.05) is 6.61 Å². The van der Waals surface area contributed by atoms with E-state index in [9.17, 15) is 4.79 Å². The first kappa shape index (κ1) is 15.3. The molecule has 0 spiro atoms. The predicted molar refractivity (Wildman–Crippen MR) is 89.1 cm³/mol. The Kier molecular flexibility index (Phi) is 4.44. The molecule has 1 heterocycles. The smallest absolute Gasteiger partial charge is 0.349 e. The SMILES string of the molecule is Cc1ccc(OCC(=O)Oc2cccc3cccnc23)c(Cl)c1. The van der Waals surface area contributed by atoms with Gasteiger partial charge >= 0.3 is 5.97 Å². The summed E-state index contributed by atoms with van der Waals surface area (Å²) in [6.07, 6.45) is 1.66. The van der Waals surface area contributed by atoms with Crippen molar-refractivity contribution in [3.63, 3.8) is 0 Å². The van der Waals surface area contributed by atoms with Crippen molar-refractivity contribution in [1.82, 2.24) is 4.98 Å². The van der Waals surface area contributed by atoms with Gasteiger partial charge in [0.1, 0.15) is 11.3 Å². The Labute approximate surface area is 138 Å². The van der Waals surface area contributed by atoms with Crippen LogP contribution >= 0.6 is 11.6 Å². The fourth-order valence-corrected chi connectivity index (χ4v) is 2.46. The standard InChI is InChI=1S/C18H14ClNO3/c1-12-7-8-15(14(19)10-12)22-11-17(21)23-16-6-2-4-13-5-3-9-20-18(13)16/h2-10H,11H2,1H3. The Balaban J connectivity index is 1.69. The van der Waals surface area contributed by atoms with E-state index < -0.39 is 5.97 Å². The number of hydrogen-bond acceptors (Lipinski definition) is 4. The maximum Gasteiger partial charge on any atom is 0.349 e. The maximum atomic E-state index is 12.0. The summed E-state index contributed by atoms with van der Waals surface area (Å²) in [6, 6.07) is 14.5. The highest BCUT2D eigenvalue weighted by Crippen LogP contribution is 2.26. The van der Waals surface area contributed by atoms with E-state index in [1.807, 2.05) is 37.3 Å². The molecule has 0 radical (unpaired) electrons. The molecule has 0 bridgehead atoms. The summed E-state index contributed by atoms with van der Waals surface area (Å²) >= 11 is 6.06. The number of hydrogen-bond donors (Lipinski definition) is 0. The third-order valence-corrected chi connectivity index (χ3v) is 3.55. The van der Waals surface area contributed by atoms with E-state index in [1.165, 1.54) is 0 Å². The van der Waals surface area contributed by atoms with Gasteiger partial charge in [0.25, 0.3) is 0 Å². The number of fused-ring (bicyclic) bond motifs is 1. The second-order valence-electron chi connectivity index (χ2n) is 5.03. The van der Waals surface area contributed by atoms with Gasteiger partial charge in [-0.25, -0.2) is 4.79 Å². The molecule has 0 saturated carbocycles. The zero-order chi connectivity index (χ0) is 16.2. The van der Waals surface area contributed by atoms with Crippen LogP contribution in [0.15, 0.2) is 54.7 Å². The fourth-order valence-electron chi connectivity index (χ4n) is 2.17. The van der Waals surface area contributed by atoms with E-state index in [2.05, 4.69) is 4.98 Å². The molecule has 0 fully saturated rings. The average molecular weight is 328 g/mol. The molecule has 0 aliphatic rings. The number of para-hydroxylation sites is 1. The first-order chi connectivity index (χ1) is 11.1. The highest BCUT2D eigenvalue weighted by Gasteiger charge is 2.11. The maximum absolute atomic E-state index is 12.0. The number of carbonyl (C=O) groups excluding carboxylic acids is 1. The molecule has 4 nitrogen and oxygen atoms in total. The van der Waals surface area contributed by atoms with Gasteiger partial charge in [0, 0.05) is 11.6 Å². The third-order valence-electron chi connectivity index (χ3n) is 3.25. The van der Waals surface area contributed by atoms with Gasteiger partial charge in [-0.15, -0.1) is 0 Å². The molecule has 3 rings (SSSR count). The second-order valence-corrected chi connectivity index (χ2v) is 5.44. The number of benzene rings is 2. The van der Waals surface area contributed by atoms with E-state index in [0.717, 1.165) is 10.9 Å². The van der Waals surface area contributed by atoms with E-state index in [1.54, 1.807) is 24.4 Å². The van der Waals surface area contributed by atoms with Crippen molar-refractivity contribution in [2.24, 2.45) is 0 Å². The monoisotopic (exact) mass is 327 g/mol. The summed E-state index contributed by atoms with van der Waals surface area (Å²) in [6.45, 7) is 1.70. The number of aryl methyl sites for hydroxylation is 1. The number of halogens is 1. The van der Waals surface area contributed by atoms with Gasteiger partial charge in [0.05, 0.1) is 5.02 Å². The van der Waals surface area contributed by atoms with Crippen molar-refractivity contribution in [1.29, 1.82) is 0 Å². The van der Waals surface area contributed by atoms with Gasteiger partial charge < -0.3 is 9.47 Å². The lowest BCUT2D eigenvalue weighted by Crippen LogP contribution is -2.18. The number of nitrogens with zero attached hydrogens (tertiary/aromatic N) is 1. The van der Waals surface area contributed by atoms with Crippen LogP contribution in [0.4, 0.5) is 0 Å². The summed E-state index contributed by atoms with van der Waals surface area (Å²) in [5.74, 6) is 0.344. The number of ether oxygens (including phenoxy) is 2. The van der Waals surface area contributed by atoms with Gasteiger partial charge in [-0.2, -0.15) is 0 Å². The molecule has 23 heavy (non-hydrogen) atoms. The van der Waals surface area contributed by atoms with Crippen molar-refractivity contribution in [3.05, 3.63) is 65.3 Å². The van der Waals surface area contributed by atoms with Gasteiger partial charge in [0.15, 0.2) is 12.4 Å². The van der Waals surface area contributed by atoms with Gasteiger partial charge in [-0.3, -0.25) is 4.98 Å². The van der Waals surface area contributed by atoms with Crippen molar-refractivity contribution >= 4 is 28.5 Å². The van der Waals surface area contributed by atoms with Crippen molar-refractivity contribution in [2.45, 2.75) is 6.92 Å².